The van der Waals surface area contributed by atoms with Gasteiger partial charge < -0.3 is 10.7 Å². The van der Waals surface area contributed by atoms with Gasteiger partial charge in [0.05, 0.1) is 11.9 Å². The van der Waals surface area contributed by atoms with Crippen LogP contribution in [-0.4, -0.2) is 25.6 Å². The van der Waals surface area contributed by atoms with Gasteiger partial charge in [0, 0.05) is 10.9 Å². The SMILES string of the molecule is CS(=O)(=O)Nc1ccc2cc(C(N)=O)[nH]c2c1. The van der Waals surface area contributed by atoms with Gasteiger partial charge in [0.1, 0.15) is 5.69 Å². The summed E-state index contributed by atoms with van der Waals surface area (Å²) in [7, 11) is -3.31. The highest BCUT2D eigenvalue weighted by Crippen LogP contribution is 2.20. The molecular formula is C10H11N3O3S. The van der Waals surface area contributed by atoms with Crippen molar-refractivity contribution in [2.24, 2.45) is 5.73 Å². The topological polar surface area (TPSA) is 105 Å². The molecule has 0 atom stereocenters. The van der Waals surface area contributed by atoms with Gasteiger partial charge in [-0.3, -0.25) is 9.52 Å². The van der Waals surface area contributed by atoms with Gasteiger partial charge in [-0.2, -0.15) is 0 Å². The molecule has 0 radical (unpaired) electrons. The molecule has 0 spiro atoms. The largest absolute Gasteiger partial charge is 0.364 e. The Hall–Kier alpha value is -2.02. The molecule has 0 aliphatic heterocycles. The standard InChI is InChI=1S/C10H11N3O3S/c1-17(15,16)13-7-3-2-6-4-9(10(11)14)12-8(6)5-7/h2-5,12-13H,1H3,(H2,11,14). The first-order valence-corrected chi connectivity index (χ1v) is 6.65. The van der Waals surface area contributed by atoms with E-state index in [2.05, 4.69) is 9.71 Å². The van der Waals surface area contributed by atoms with Crippen molar-refractivity contribution >= 4 is 32.5 Å². The van der Waals surface area contributed by atoms with Crippen molar-refractivity contribution in [2.45, 2.75) is 0 Å². The summed E-state index contributed by atoms with van der Waals surface area (Å²) in [5, 5.41) is 0.790. The van der Waals surface area contributed by atoms with Crippen molar-refractivity contribution in [1.29, 1.82) is 0 Å². The van der Waals surface area contributed by atoms with Crippen molar-refractivity contribution in [1.82, 2.24) is 4.98 Å². The lowest BCUT2D eigenvalue weighted by Gasteiger charge is -2.02. The Morgan fingerprint density at radius 3 is 2.65 bits per heavy atom. The molecule has 17 heavy (non-hydrogen) atoms. The molecule has 90 valence electrons. The highest BCUT2D eigenvalue weighted by molar-refractivity contribution is 7.92. The van der Waals surface area contributed by atoms with Crippen LogP contribution in [0.1, 0.15) is 10.5 Å². The van der Waals surface area contributed by atoms with Crippen LogP contribution in [0.5, 0.6) is 0 Å². The number of aromatic amines is 1. The molecule has 0 unspecified atom stereocenters. The van der Waals surface area contributed by atoms with Crippen LogP contribution < -0.4 is 10.5 Å². The third-order valence-corrected chi connectivity index (χ3v) is 2.80. The summed E-state index contributed by atoms with van der Waals surface area (Å²) in [5.41, 5.74) is 6.50. The fourth-order valence-electron chi connectivity index (χ4n) is 1.54. The first-order valence-electron chi connectivity index (χ1n) is 4.75. The van der Waals surface area contributed by atoms with Gasteiger partial charge in [0.2, 0.25) is 10.0 Å². The number of hydrogen-bond acceptors (Lipinski definition) is 3. The smallest absolute Gasteiger partial charge is 0.265 e. The molecule has 1 heterocycles. The summed E-state index contributed by atoms with van der Waals surface area (Å²) in [6.07, 6.45) is 1.07. The predicted molar refractivity (Wildman–Crippen MR) is 65.3 cm³/mol. The van der Waals surface area contributed by atoms with E-state index in [9.17, 15) is 13.2 Å². The lowest BCUT2D eigenvalue weighted by molar-refractivity contribution is 0.0996. The highest BCUT2D eigenvalue weighted by Gasteiger charge is 2.07. The number of carbonyl (C=O) groups excluding carboxylic acids is 1. The van der Waals surface area contributed by atoms with E-state index in [0.29, 0.717) is 11.2 Å². The number of hydrogen-bond donors (Lipinski definition) is 3. The van der Waals surface area contributed by atoms with Crippen LogP contribution in [0.4, 0.5) is 5.69 Å². The van der Waals surface area contributed by atoms with E-state index in [1.807, 2.05) is 0 Å². The number of carbonyl (C=O) groups is 1. The van der Waals surface area contributed by atoms with Crippen LogP contribution >= 0.6 is 0 Å². The van der Waals surface area contributed by atoms with Crippen LogP contribution in [0.25, 0.3) is 10.9 Å². The van der Waals surface area contributed by atoms with Gasteiger partial charge in [-0.05, 0) is 18.2 Å². The maximum absolute atomic E-state index is 11.1. The molecule has 1 amide bonds. The summed E-state index contributed by atoms with van der Waals surface area (Å²) in [6, 6.07) is 6.53. The van der Waals surface area contributed by atoms with E-state index in [4.69, 9.17) is 5.73 Å². The van der Waals surface area contributed by atoms with Crippen molar-refractivity contribution in [3.8, 4) is 0 Å². The number of aromatic nitrogens is 1. The average molecular weight is 253 g/mol. The molecule has 0 saturated heterocycles. The molecule has 1 aromatic carbocycles. The zero-order valence-corrected chi connectivity index (χ0v) is 9.84. The summed E-state index contributed by atoms with van der Waals surface area (Å²) in [6.45, 7) is 0. The van der Waals surface area contributed by atoms with Crippen molar-refractivity contribution in [3.05, 3.63) is 30.0 Å². The van der Waals surface area contributed by atoms with E-state index < -0.39 is 15.9 Å². The van der Waals surface area contributed by atoms with Gasteiger partial charge >= 0.3 is 0 Å². The number of rotatable bonds is 3. The van der Waals surface area contributed by atoms with Crippen molar-refractivity contribution in [3.63, 3.8) is 0 Å². The van der Waals surface area contributed by atoms with E-state index >= 15 is 0 Å². The van der Waals surface area contributed by atoms with Crippen LogP contribution in [0.15, 0.2) is 24.3 Å². The first-order chi connectivity index (χ1) is 7.85. The second-order valence-electron chi connectivity index (χ2n) is 3.72. The first kappa shape index (κ1) is 11.5. The lowest BCUT2D eigenvalue weighted by Crippen LogP contribution is -2.10. The van der Waals surface area contributed by atoms with Gasteiger partial charge in [0.25, 0.3) is 5.91 Å². The maximum atomic E-state index is 11.1. The van der Waals surface area contributed by atoms with Crippen molar-refractivity contribution in [2.75, 3.05) is 11.0 Å². The number of H-pyrrole nitrogens is 1. The molecule has 0 saturated carbocycles. The number of benzene rings is 1. The van der Waals surface area contributed by atoms with Gasteiger partial charge in [-0.1, -0.05) is 6.07 Å². The Morgan fingerprint density at radius 2 is 2.06 bits per heavy atom. The third-order valence-electron chi connectivity index (χ3n) is 2.19. The number of nitrogens with one attached hydrogen (secondary N) is 2. The van der Waals surface area contributed by atoms with Gasteiger partial charge in [-0.15, -0.1) is 0 Å². The van der Waals surface area contributed by atoms with E-state index in [-0.39, 0.29) is 5.69 Å². The van der Waals surface area contributed by atoms with Gasteiger partial charge in [0.15, 0.2) is 0 Å². The molecule has 2 aromatic rings. The predicted octanol–water partition coefficient (Wildman–Crippen LogP) is 0.638. The Morgan fingerprint density at radius 1 is 1.35 bits per heavy atom. The summed E-state index contributed by atoms with van der Waals surface area (Å²) < 4.78 is 24.5. The minimum absolute atomic E-state index is 0.288. The molecule has 7 heteroatoms. The van der Waals surface area contributed by atoms with E-state index in [1.165, 1.54) is 0 Å². The normalized spacial score (nSPS) is 11.6. The molecule has 1 aromatic heterocycles. The Labute approximate surface area is 97.9 Å². The third kappa shape index (κ3) is 2.56. The average Bonchev–Trinajstić information content (AvgIpc) is 2.57. The van der Waals surface area contributed by atoms with Crippen LogP contribution in [0.2, 0.25) is 0 Å². The Bertz CT molecular complexity index is 688. The number of sulfonamides is 1. The monoisotopic (exact) mass is 253 g/mol. The highest BCUT2D eigenvalue weighted by atomic mass is 32.2. The van der Waals surface area contributed by atoms with Crippen molar-refractivity contribution < 1.29 is 13.2 Å². The second kappa shape index (κ2) is 3.77. The molecule has 0 bridgehead atoms. The van der Waals surface area contributed by atoms with Crippen LogP contribution in [0, 0.1) is 0 Å². The zero-order chi connectivity index (χ0) is 12.6. The minimum atomic E-state index is -3.31. The van der Waals surface area contributed by atoms with Crippen LogP contribution in [0.3, 0.4) is 0 Å². The molecule has 6 nitrogen and oxygen atoms in total. The summed E-state index contributed by atoms with van der Waals surface area (Å²) in [4.78, 5) is 13.8. The van der Waals surface area contributed by atoms with Gasteiger partial charge in [-0.25, -0.2) is 8.42 Å². The lowest BCUT2D eigenvalue weighted by atomic mass is 10.2. The Balaban J connectivity index is 2.47. The number of fused-ring (bicyclic) bond motifs is 1. The minimum Gasteiger partial charge on any atom is -0.364 e. The Kier molecular flexibility index (Phi) is 2.55. The molecule has 0 aliphatic carbocycles. The summed E-state index contributed by atoms with van der Waals surface area (Å²) >= 11 is 0. The number of anilines is 1. The fraction of sp³-hybridized carbons (Fsp3) is 0.100. The molecule has 4 N–H and O–H groups in total. The fourth-order valence-corrected chi connectivity index (χ4v) is 2.09. The molecule has 2 rings (SSSR count). The zero-order valence-electron chi connectivity index (χ0n) is 9.02. The van der Waals surface area contributed by atoms with Crippen LogP contribution in [-0.2, 0) is 10.0 Å². The quantitative estimate of drug-likeness (QED) is 0.747. The molecular weight excluding hydrogens is 242 g/mol. The number of nitrogens with two attached hydrogens (primary N) is 1. The molecule has 0 fully saturated rings. The van der Waals surface area contributed by atoms with E-state index in [1.54, 1.807) is 24.3 Å². The molecule has 0 aliphatic rings. The number of primary amides is 1. The summed E-state index contributed by atoms with van der Waals surface area (Å²) in [5.74, 6) is -0.557. The second-order valence-corrected chi connectivity index (χ2v) is 5.47. The maximum Gasteiger partial charge on any atom is 0.265 e. The van der Waals surface area contributed by atoms with E-state index in [0.717, 1.165) is 11.6 Å². The number of amides is 1.